The van der Waals surface area contributed by atoms with E-state index in [1.165, 1.54) is 25.7 Å². The molecule has 4 heteroatoms. The summed E-state index contributed by atoms with van der Waals surface area (Å²) in [7, 11) is 2.63. The quantitative estimate of drug-likeness (QED) is 0.491. The lowest BCUT2D eigenvalue weighted by atomic mass is 9.97. The summed E-state index contributed by atoms with van der Waals surface area (Å²) in [5, 5.41) is 2.31. The van der Waals surface area contributed by atoms with Gasteiger partial charge in [0.05, 0.1) is 25.3 Å². The lowest BCUT2D eigenvalue weighted by molar-refractivity contribution is 0.0599. The summed E-state index contributed by atoms with van der Waals surface area (Å²) in [6, 6.07) is 17.5. The van der Waals surface area contributed by atoms with E-state index >= 15 is 0 Å². The molecular formula is C23H20O4. The molecule has 3 aromatic rings. The molecule has 0 spiro atoms. The summed E-state index contributed by atoms with van der Waals surface area (Å²) in [5.41, 5.74) is 3.16. The number of carbonyl (C=O) groups is 2. The molecule has 0 unspecified atom stereocenters. The largest absolute Gasteiger partial charge is 0.465 e. The Bertz CT molecular complexity index is 1050. The maximum absolute atomic E-state index is 12.2. The molecule has 0 aromatic heterocycles. The van der Waals surface area contributed by atoms with Crippen LogP contribution in [0, 0.1) is 6.92 Å². The van der Waals surface area contributed by atoms with Crippen LogP contribution in [0.3, 0.4) is 0 Å². The summed E-state index contributed by atoms with van der Waals surface area (Å²) in [5.74, 6) is -0.990. The van der Waals surface area contributed by atoms with Gasteiger partial charge in [0.1, 0.15) is 0 Å². The van der Waals surface area contributed by atoms with E-state index in [4.69, 9.17) is 9.47 Å². The van der Waals surface area contributed by atoms with Crippen molar-refractivity contribution in [2.45, 2.75) is 6.92 Å². The minimum absolute atomic E-state index is 0.318. The third kappa shape index (κ3) is 3.90. The van der Waals surface area contributed by atoms with Gasteiger partial charge in [-0.3, -0.25) is 0 Å². The Morgan fingerprint density at radius 1 is 0.815 bits per heavy atom. The summed E-state index contributed by atoms with van der Waals surface area (Å²) in [6.07, 6.45) is 3.81. The average molecular weight is 360 g/mol. The first-order chi connectivity index (χ1) is 13.0. The number of esters is 2. The molecule has 27 heavy (non-hydrogen) atoms. The molecule has 0 heterocycles. The van der Waals surface area contributed by atoms with Crippen LogP contribution >= 0.6 is 0 Å². The molecule has 0 aliphatic heterocycles. The molecular weight excluding hydrogens is 340 g/mol. The Morgan fingerprint density at radius 3 is 2.22 bits per heavy atom. The maximum Gasteiger partial charge on any atom is 0.338 e. The van der Waals surface area contributed by atoms with Crippen molar-refractivity contribution >= 4 is 34.9 Å². The fourth-order valence-corrected chi connectivity index (χ4v) is 3.03. The number of rotatable bonds is 4. The first-order valence-electron chi connectivity index (χ1n) is 8.51. The molecule has 0 aliphatic carbocycles. The summed E-state index contributed by atoms with van der Waals surface area (Å²) in [6.45, 7) is 1.85. The average Bonchev–Trinajstić information content (AvgIpc) is 2.70. The summed E-state index contributed by atoms with van der Waals surface area (Å²) >= 11 is 0. The lowest BCUT2D eigenvalue weighted by Gasteiger charge is -2.10. The normalized spacial score (nSPS) is 10.9. The van der Waals surface area contributed by atoms with E-state index in [9.17, 15) is 9.59 Å². The predicted molar refractivity (Wildman–Crippen MR) is 107 cm³/mol. The van der Waals surface area contributed by atoms with Crippen molar-refractivity contribution < 1.29 is 19.1 Å². The topological polar surface area (TPSA) is 52.6 Å². The Kier molecular flexibility index (Phi) is 5.36. The van der Waals surface area contributed by atoms with Crippen molar-refractivity contribution in [2.75, 3.05) is 14.2 Å². The van der Waals surface area contributed by atoms with Crippen LogP contribution in [-0.4, -0.2) is 26.2 Å². The first-order valence-corrected chi connectivity index (χ1v) is 8.51. The highest BCUT2D eigenvalue weighted by molar-refractivity contribution is 5.99. The molecule has 0 N–H and O–H groups in total. The Hall–Kier alpha value is -3.40. The number of hydrogen-bond acceptors (Lipinski definition) is 4. The van der Waals surface area contributed by atoms with Crippen LogP contribution < -0.4 is 0 Å². The fourth-order valence-electron chi connectivity index (χ4n) is 3.03. The van der Waals surface area contributed by atoms with Gasteiger partial charge in [0, 0.05) is 0 Å². The van der Waals surface area contributed by atoms with Crippen LogP contribution in [0.5, 0.6) is 0 Å². The van der Waals surface area contributed by atoms with E-state index in [0.717, 1.165) is 16.5 Å². The number of hydrogen-bond donors (Lipinski definition) is 0. The van der Waals surface area contributed by atoms with Crippen molar-refractivity contribution in [3.05, 3.63) is 82.4 Å². The van der Waals surface area contributed by atoms with Crippen LogP contribution in [0.2, 0.25) is 0 Å². The summed E-state index contributed by atoms with van der Waals surface area (Å²) in [4.78, 5) is 24.1. The molecule has 136 valence electrons. The zero-order valence-electron chi connectivity index (χ0n) is 15.5. The zero-order valence-corrected chi connectivity index (χ0v) is 15.5. The van der Waals surface area contributed by atoms with Gasteiger partial charge in [-0.2, -0.15) is 0 Å². The van der Waals surface area contributed by atoms with Gasteiger partial charge in [0.25, 0.3) is 0 Å². The highest BCUT2D eigenvalue weighted by Gasteiger charge is 2.17. The third-order valence-corrected chi connectivity index (χ3v) is 4.43. The van der Waals surface area contributed by atoms with Crippen molar-refractivity contribution in [3.8, 4) is 0 Å². The highest BCUT2D eigenvalue weighted by atomic mass is 16.5. The van der Waals surface area contributed by atoms with Crippen LogP contribution in [0.25, 0.3) is 22.9 Å². The van der Waals surface area contributed by atoms with Gasteiger partial charge in [-0.1, -0.05) is 48.6 Å². The molecule has 4 nitrogen and oxygen atoms in total. The fraction of sp³-hybridized carbons (Fsp3) is 0.130. The van der Waals surface area contributed by atoms with Gasteiger partial charge < -0.3 is 9.47 Å². The van der Waals surface area contributed by atoms with Crippen molar-refractivity contribution in [1.29, 1.82) is 0 Å². The number of methoxy groups -OCH3 is 2. The highest BCUT2D eigenvalue weighted by Crippen LogP contribution is 2.23. The Balaban J connectivity index is 2.04. The number of benzene rings is 3. The van der Waals surface area contributed by atoms with Crippen LogP contribution in [-0.2, 0) is 9.47 Å². The molecule has 3 rings (SSSR count). The lowest BCUT2D eigenvalue weighted by Crippen LogP contribution is -2.09. The van der Waals surface area contributed by atoms with Gasteiger partial charge in [-0.25, -0.2) is 9.59 Å². The van der Waals surface area contributed by atoms with Gasteiger partial charge in [-0.15, -0.1) is 0 Å². The molecule has 0 bridgehead atoms. The predicted octanol–water partition coefficient (Wildman–Crippen LogP) is 4.89. The van der Waals surface area contributed by atoms with E-state index in [2.05, 4.69) is 24.3 Å². The number of aryl methyl sites for hydroxylation is 1. The molecule has 0 fully saturated rings. The van der Waals surface area contributed by atoms with E-state index in [0.29, 0.717) is 16.7 Å². The second kappa shape index (κ2) is 7.87. The van der Waals surface area contributed by atoms with Gasteiger partial charge in [-0.05, 0) is 52.6 Å². The first kappa shape index (κ1) is 18.4. The standard InChI is InChI=1S/C23H20O4/c1-15-12-19(22(24)26-2)14-21(23(25)27-3)20(15)11-9-16-8-10-17-6-4-5-7-18(17)13-16/h4-14H,1-3H3/b11-9+. The number of ether oxygens (including phenoxy) is 2. The molecule has 0 saturated carbocycles. The Morgan fingerprint density at radius 2 is 1.52 bits per heavy atom. The second-order valence-electron chi connectivity index (χ2n) is 6.18. The van der Waals surface area contributed by atoms with Crippen LogP contribution in [0.1, 0.15) is 37.4 Å². The van der Waals surface area contributed by atoms with E-state index in [1.54, 1.807) is 6.07 Å². The minimum Gasteiger partial charge on any atom is -0.465 e. The van der Waals surface area contributed by atoms with Crippen molar-refractivity contribution in [2.24, 2.45) is 0 Å². The SMILES string of the molecule is COC(=O)c1cc(C)c(/C=C/c2ccc3ccccc3c2)c(C(=O)OC)c1. The van der Waals surface area contributed by atoms with Crippen LogP contribution in [0.15, 0.2) is 54.6 Å². The number of carbonyl (C=O) groups excluding carboxylic acids is 2. The smallest absolute Gasteiger partial charge is 0.338 e. The van der Waals surface area contributed by atoms with E-state index in [1.807, 2.05) is 37.3 Å². The second-order valence-corrected chi connectivity index (χ2v) is 6.18. The Labute approximate surface area is 158 Å². The number of fused-ring (bicyclic) bond motifs is 1. The monoisotopic (exact) mass is 360 g/mol. The van der Waals surface area contributed by atoms with Gasteiger partial charge >= 0.3 is 11.9 Å². The molecule has 0 saturated heterocycles. The van der Waals surface area contributed by atoms with Crippen LogP contribution in [0.4, 0.5) is 0 Å². The van der Waals surface area contributed by atoms with Gasteiger partial charge in [0.15, 0.2) is 0 Å². The molecule has 0 amide bonds. The summed E-state index contributed by atoms with van der Waals surface area (Å²) < 4.78 is 9.65. The minimum atomic E-state index is -0.498. The maximum atomic E-state index is 12.2. The third-order valence-electron chi connectivity index (χ3n) is 4.43. The molecule has 0 radical (unpaired) electrons. The van der Waals surface area contributed by atoms with Crippen molar-refractivity contribution in [1.82, 2.24) is 0 Å². The van der Waals surface area contributed by atoms with E-state index in [-0.39, 0.29) is 0 Å². The molecule has 0 aliphatic rings. The van der Waals surface area contributed by atoms with Gasteiger partial charge in [0.2, 0.25) is 0 Å². The molecule has 3 aromatic carbocycles. The zero-order chi connectivity index (χ0) is 19.4. The van der Waals surface area contributed by atoms with Crippen molar-refractivity contribution in [3.63, 3.8) is 0 Å². The van der Waals surface area contributed by atoms with E-state index < -0.39 is 11.9 Å². The molecule has 0 atom stereocenters.